The average Bonchev–Trinajstić information content (AvgIpc) is 2.42. The van der Waals surface area contributed by atoms with E-state index in [2.05, 4.69) is 10.1 Å². The molecule has 2 N–H and O–H groups in total. The summed E-state index contributed by atoms with van der Waals surface area (Å²) in [6, 6.07) is 3.58. The van der Waals surface area contributed by atoms with Crippen LogP contribution < -0.4 is 11.1 Å². The molecule has 0 aliphatic carbocycles. The Hall–Kier alpha value is -2.42. The van der Waals surface area contributed by atoms with E-state index in [9.17, 15) is 18.8 Å². The quantitative estimate of drug-likeness (QED) is 0.633. The number of aromatic nitrogens is 3. The van der Waals surface area contributed by atoms with Crippen LogP contribution in [0, 0.1) is 5.82 Å². The Bertz CT molecular complexity index is 815. The number of aromatic carboxylic acids is 1. The van der Waals surface area contributed by atoms with Crippen molar-refractivity contribution in [2.45, 2.75) is 10.9 Å². The number of thioether (sulfide) groups is 1. The molecular formula is C12H10FN3O4S. The second-order valence-electron chi connectivity index (χ2n) is 4.10. The average molecular weight is 311 g/mol. The molecule has 2 aromatic rings. The van der Waals surface area contributed by atoms with Crippen LogP contribution in [-0.4, -0.2) is 25.8 Å². The fourth-order valence-electron chi connectivity index (χ4n) is 1.53. The monoisotopic (exact) mass is 311 g/mol. The largest absolute Gasteiger partial charge is 0.478 e. The number of carboxylic acid groups (broad SMARTS) is 1. The van der Waals surface area contributed by atoms with Crippen LogP contribution in [-0.2, 0) is 12.8 Å². The first-order chi connectivity index (χ1) is 9.88. The normalized spacial score (nSPS) is 10.6. The Balaban J connectivity index is 2.21. The van der Waals surface area contributed by atoms with E-state index in [1.165, 1.54) is 23.9 Å². The minimum absolute atomic E-state index is 0.137. The first-order valence-corrected chi connectivity index (χ1v) is 6.69. The van der Waals surface area contributed by atoms with Gasteiger partial charge in [0.15, 0.2) is 5.16 Å². The summed E-state index contributed by atoms with van der Waals surface area (Å²) in [7, 11) is 1.50. The maximum absolute atomic E-state index is 13.7. The smallest absolute Gasteiger partial charge is 0.339 e. The molecule has 21 heavy (non-hydrogen) atoms. The molecule has 0 amide bonds. The van der Waals surface area contributed by atoms with Gasteiger partial charge in [-0.15, -0.1) is 0 Å². The number of carbonyl (C=O) groups is 1. The predicted octanol–water partition coefficient (Wildman–Crippen LogP) is 0.598. The lowest BCUT2D eigenvalue weighted by Gasteiger charge is -2.07. The molecule has 0 saturated carbocycles. The molecule has 1 aromatic carbocycles. The van der Waals surface area contributed by atoms with Gasteiger partial charge in [0.25, 0.3) is 0 Å². The maximum atomic E-state index is 13.7. The third kappa shape index (κ3) is 3.37. The first kappa shape index (κ1) is 15.0. The van der Waals surface area contributed by atoms with Crippen molar-refractivity contribution >= 4 is 17.7 Å². The zero-order valence-electron chi connectivity index (χ0n) is 10.8. The van der Waals surface area contributed by atoms with E-state index in [1.54, 1.807) is 0 Å². The zero-order valence-corrected chi connectivity index (χ0v) is 11.6. The van der Waals surface area contributed by atoms with Crippen LogP contribution in [0.4, 0.5) is 4.39 Å². The molecule has 0 fully saturated rings. The molecular weight excluding hydrogens is 301 g/mol. The van der Waals surface area contributed by atoms with E-state index in [1.807, 2.05) is 0 Å². The molecule has 0 aliphatic rings. The van der Waals surface area contributed by atoms with Crippen molar-refractivity contribution in [3.8, 4) is 0 Å². The summed E-state index contributed by atoms with van der Waals surface area (Å²) in [5.41, 5.74) is -1.63. The number of halogens is 1. The van der Waals surface area contributed by atoms with Crippen molar-refractivity contribution in [3.05, 3.63) is 55.9 Å². The first-order valence-electron chi connectivity index (χ1n) is 5.70. The van der Waals surface area contributed by atoms with E-state index >= 15 is 0 Å². The van der Waals surface area contributed by atoms with E-state index in [0.29, 0.717) is 0 Å². The van der Waals surface area contributed by atoms with Crippen molar-refractivity contribution in [2.75, 3.05) is 0 Å². The molecule has 7 nitrogen and oxygen atoms in total. The molecule has 0 unspecified atom stereocenters. The van der Waals surface area contributed by atoms with Crippen molar-refractivity contribution in [1.29, 1.82) is 0 Å². The summed E-state index contributed by atoms with van der Waals surface area (Å²) >= 11 is 1.05. The Morgan fingerprint density at radius 3 is 2.81 bits per heavy atom. The molecule has 0 radical (unpaired) electrons. The second kappa shape index (κ2) is 5.92. The highest BCUT2D eigenvalue weighted by Gasteiger charge is 2.10. The van der Waals surface area contributed by atoms with Crippen molar-refractivity contribution in [3.63, 3.8) is 0 Å². The summed E-state index contributed by atoms with van der Waals surface area (Å²) in [6.07, 6.45) is 0. The fourth-order valence-corrected chi connectivity index (χ4v) is 2.43. The Labute approximate surface area is 121 Å². The van der Waals surface area contributed by atoms with Gasteiger partial charge in [-0.05, 0) is 17.7 Å². The minimum Gasteiger partial charge on any atom is -0.478 e. The van der Waals surface area contributed by atoms with Crippen LogP contribution in [0.2, 0.25) is 0 Å². The van der Waals surface area contributed by atoms with Gasteiger partial charge in [-0.25, -0.2) is 9.18 Å². The maximum Gasteiger partial charge on any atom is 0.339 e. The number of aromatic amines is 1. The number of aryl methyl sites for hydroxylation is 1. The molecule has 0 spiro atoms. The van der Waals surface area contributed by atoms with Crippen molar-refractivity contribution in [1.82, 2.24) is 14.8 Å². The van der Waals surface area contributed by atoms with Gasteiger partial charge in [0.2, 0.25) is 0 Å². The summed E-state index contributed by atoms with van der Waals surface area (Å²) < 4.78 is 15.0. The van der Waals surface area contributed by atoms with E-state index in [-0.39, 0.29) is 22.0 Å². The number of nitrogens with zero attached hydrogens (tertiary/aromatic N) is 2. The third-order valence-electron chi connectivity index (χ3n) is 2.60. The van der Waals surface area contributed by atoms with Gasteiger partial charge in [-0.1, -0.05) is 17.8 Å². The lowest BCUT2D eigenvalue weighted by molar-refractivity contribution is 0.0696. The summed E-state index contributed by atoms with van der Waals surface area (Å²) in [4.78, 5) is 36.5. The number of H-pyrrole nitrogens is 1. The van der Waals surface area contributed by atoms with Gasteiger partial charge < -0.3 is 5.11 Å². The number of rotatable bonds is 4. The number of carboxylic acids is 1. The van der Waals surface area contributed by atoms with Gasteiger partial charge in [0.1, 0.15) is 5.82 Å². The lowest BCUT2D eigenvalue weighted by atomic mass is 10.1. The number of nitrogens with one attached hydrogen (secondary N) is 1. The fraction of sp³-hybridized carbons (Fsp3) is 0.167. The highest BCUT2D eigenvalue weighted by atomic mass is 32.2. The highest BCUT2D eigenvalue weighted by molar-refractivity contribution is 7.98. The summed E-state index contributed by atoms with van der Waals surface area (Å²) in [5, 5.41) is 11.2. The van der Waals surface area contributed by atoms with Crippen LogP contribution >= 0.6 is 11.8 Å². The molecule has 1 aromatic heterocycles. The van der Waals surface area contributed by atoms with Gasteiger partial charge in [0, 0.05) is 12.8 Å². The van der Waals surface area contributed by atoms with Gasteiger partial charge in [0.05, 0.1) is 5.56 Å². The standard InChI is InChI=1S/C12H10FN3O4S/c1-16-12(14-9(17)10(18)15-16)21-5-7-3-2-6(11(19)20)4-8(7)13/h2-4H,5H2,1H3,(H,15,18)(H,19,20). The second-order valence-corrected chi connectivity index (χ2v) is 5.04. The highest BCUT2D eigenvalue weighted by Crippen LogP contribution is 2.21. The van der Waals surface area contributed by atoms with Crippen LogP contribution in [0.25, 0.3) is 0 Å². The van der Waals surface area contributed by atoms with Crippen molar-refractivity contribution < 1.29 is 14.3 Å². The predicted molar refractivity (Wildman–Crippen MR) is 73.0 cm³/mol. The zero-order chi connectivity index (χ0) is 15.6. The van der Waals surface area contributed by atoms with E-state index < -0.39 is 22.9 Å². The summed E-state index contributed by atoms with van der Waals surface area (Å²) in [5.74, 6) is -1.73. The lowest BCUT2D eigenvalue weighted by Crippen LogP contribution is -2.33. The SMILES string of the molecule is Cn1[nH]c(=O)c(=O)nc1SCc1ccc(C(=O)O)cc1F. The minimum atomic E-state index is -1.21. The number of hydrogen-bond donors (Lipinski definition) is 2. The van der Waals surface area contributed by atoms with E-state index in [4.69, 9.17) is 5.11 Å². The van der Waals surface area contributed by atoms with Crippen LogP contribution in [0.1, 0.15) is 15.9 Å². The van der Waals surface area contributed by atoms with Crippen LogP contribution in [0.3, 0.4) is 0 Å². The number of hydrogen-bond acceptors (Lipinski definition) is 5. The Morgan fingerprint density at radius 1 is 1.48 bits per heavy atom. The molecule has 1 heterocycles. The topological polar surface area (TPSA) is 105 Å². The molecule has 2 rings (SSSR count). The van der Waals surface area contributed by atoms with E-state index in [0.717, 1.165) is 17.8 Å². The molecule has 0 aliphatic heterocycles. The van der Waals surface area contributed by atoms with Crippen LogP contribution in [0.5, 0.6) is 0 Å². The Morgan fingerprint density at radius 2 is 2.19 bits per heavy atom. The summed E-state index contributed by atoms with van der Waals surface area (Å²) in [6.45, 7) is 0. The van der Waals surface area contributed by atoms with Crippen molar-refractivity contribution in [2.24, 2.45) is 7.05 Å². The van der Waals surface area contributed by atoms with Crippen LogP contribution in [0.15, 0.2) is 32.9 Å². The van der Waals surface area contributed by atoms with Gasteiger partial charge in [-0.2, -0.15) is 4.98 Å². The third-order valence-corrected chi connectivity index (χ3v) is 3.68. The number of benzene rings is 1. The molecule has 0 saturated heterocycles. The molecule has 0 bridgehead atoms. The molecule has 0 atom stereocenters. The Kier molecular flexibility index (Phi) is 4.22. The molecule has 110 valence electrons. The van der Waals surface area contributed by atoms with Gasteiger partial charge >= 0.3 is 17.1 Å². The molecule has 9 heteroatoms. The van der Waals surface area contributed by atoms with Gasteiger partial charge in [-0.3, -0.25) is 19.4 Å².